The van der Waals surface area contributed by atoms with Crippen molar-refractivity contribution in [1.29, 1.82) is 0 Å². The molecule has 1 unspecified atom stereocenters. The minimum Gasteiger partial charge on any atom is -0.469 e. The second-order valence-electron chi connectivity index (χ2n) is 5.71. The summed E-state index contributed by atoms with van der Waals surface area (Å²) in [6, 6.07) is 7.12. The normalized spacial score (nSPS) is 15.0. The van der Waals surface area contributed by atoms with Crippen molar-refractivity contribution in [3.8, 4) is 5.69 Å². The number of methoxy groups -OCH3 is 1. The van der Waals surface area contributed by atoms with Gasteiger partial charge in [-0.25, -0.2) is 4.98 Å². The molecule has 0 spiro atoms. The summed E-state index contributed by atoms with van der Waals surface area (Å²) in [5.41, 5.74) is 1.51. The molecule has 1 fully saturated rings. The summed E-state index contributed by atoms with van der Waals surface area (Å²) in [5.74, 6) is -0.0797. The molecule has 1 N–H and O–H groups in total. The molecule has 1 aliphatic carbocycles. The molecule has 120 valence electrons. The lowest BCUT2D eigenvalue weighted by Crippen LogP contribution is -2.38. The van der Waals surface area contributed by atoms with E-state index in [1.165, 1.54) is 7.11 Å². The fourth-order valence-corrected chi connectivity index (χ4v) is 2.55. The second kappa shape index (κ2) is 6.64. The smallest absolute Gasteiger partial charge is 0.307 e. The number of hydrogen-bond acceptors (Lipinski definition) is 4. The van der Waals surface area contributed by atoms with Crippen molar-refractivity contribution < 1.29 is 14.3 Å². The van der Waals surface area contributed by atoms with Gasteiger partial charge < -0.3 is 14.6 Å². The highest BCUT2D eigenvalue weighted by molar-refractivity contribution is 5.94. The van der Waals surface area contributed by atoms with E-state index in [4.69, 9.17) is 4.74 Å². The van der Waals surface area contributed by atoms with E-state index in [2.05, 4.69) is 10.3 Å². The lowest BCUT2D eigenvalue weighted by molar-refractivity contribution is -0.141. The Morgan fingerprint density at radius 3 is 2.65 bits per heavy atom. The molecule has 2 aromatic rings. The lowest BCUT2D eigenvalue weighted by atomic mass is 10.1. The first-order chi connectivity index (χ1) is 11.2. The molecule has 0 saturated heterocycles. The van der Waals surface area contributed by atoms with E-state index >= 15 is 0 Å². The molecule has 6 nitrogen and oxygen atoms in total. The number of esters is 1. The largest absolute Gasteiger partial charge is 0.469 e. The first-order valence-electron chi connectivity index (χ1n) is 7.63. The third-order valence-corrected chi connectivity index (χ3v) is 4.05. The lowest BCUT2D eigenvalue weighted by Gasteiger charge is -2.17. The Morgan fingerprint density at radius 2 is 2.09 bits per heavy atom. The Hall–Kier alpha value is -2.63. The second-order valence-corrected chi connectivity index (χ2v) is 5.71. The van der Waals surface area contributed by atoms with E-state index in [0.29, 0.717) is 11.5 Å². The van der Waals surface area contributed by atoms with E-state index in [1.54, 1.807) is 24.7 Å². The van der Waals surface area contributed by atoms with Gasteiger partial charge in [-0.05, 0) is 43.0 Å². The molecule has 1 atom stereocenters. The molecule has 0 bridgehead atoms. The van der Waals surface area contributed by atoms with Gasteiger partial charge in [-0.1, -0.05) is 0 Å². The third-order valence-electron chi connectivity index (χ3n) is 4.05. The monoisotopic (exact) mass is 313 g/mol. The average Bonchev–Trinajstić information content (AvgIpc) is 3.28. The number of carbonyl (C=O) groups is 2. The van der Waals surface area contributed by atoms with Gasteiger partial charge in [0.25, 0.3) is 5.91 Å². The maximum absolute atomic E-state index is 12.4. The van der Waals surface area contributed by atoms with Crippen LogP contribution in [0.4, 0.5) is 0 Å². The zero-order valence-electron chi connectivity index (χ0n) is 12.9. The summed E-state index contributed by atoms with van der Waals surface area (Å²) in [6.07, 6.45) is 7.56. The topological polar surface area (TPSA) is 73.2 Å². The summed E-state index contributed by atoms with van der Waals surface area (Å²) in [5, 5.41) is 2.96. The quantitative estimate of drug-likeness (QED) is 0.827. The van der Waals surface area contributed by atoms with Gasteiger partial charge >= 0.3 is 5.97 Å². The highest BCUT2D eigenvalue weighted by Gasteiger charge is 2.34. The maximum atomic E-state index is 12.4. The number of nitrogens with one attached hydrogen (secondary N) is 1. The van der Waals surface area contributed by atoms with Crippen molar-refractivity contribution in [1.82, 2.24) is 14.9 Å². The summed E-state index contributed by atoms with van der Waals surface area (Å²) in [7, 11) is 1.36. The number of imidazole rings is 1. The van der Waals surface area contributed by atoms with Crippen molar-refractivity contribution >= 4 is 11.9 Å². The number of nitrogens with zero attached hydrogens (tertiary/aromatic N) is 2. The van der Waals surface area contributed by atoms with Crippen LogP contribution >= 0.6 is 0 Å². The van der Waals surface area contributed by atoms with Gasteiger partial charge in [-0.15, -0.1) is 0 Å². The minimum absolute atomic E-state index is 0.150. The molecule has 1 aromatic carbocycles. The van der Waals surface area contributed by atoms with Crippen LogP contribution in [-0.2, 0) is 9.53 Å². The number of aromatic nitrogens is 2. The molecule has 23 heavy (non-hydrogen) atoms. The van der Waals surface area contributed by atoms with Crippen molar-refractivity contribution in [2.75, 3.05) is 7.11 Å². The molecule has 3 rings (SSSR count). The Labute approximate surface area is 134 Å². The van der Waals surface area contributed by atoms with Crippen molar-refractivity contribution in [3.05, 3.63) is 48.5 Å². The Bertz CT molecular complexity index is 676. The summed E-state index contributed by atoms with van der Waals surface area (Å²) >= 11 is 0. The fraction of sp³-hybridized carbons (Fsp3) is 0.353. The zero-order valence-corrected chi connectivity index (χ0v) is 12.9. The maximum Gasteiger partial charge on any atom is 0.307 e. The van der Waals surface area contributed by atoms with E-state index in [1.807, 2.05) is 22.9 Å². The van der Waals surface area contributed by atoms with Gasteiger partial charge in [0.1, 0.15) is 0 Å². The molecule has 1 heterocycles. The van der Waals surface area contributed by atoms with Crippen LogP contribution in [0.25, 0.3) is 5.69 Å². The predicted octanol–water partition coefficient (Wildman–Crippen LogP) is 1.94. The molecular weight excluding hydrogens is 294 g/mol. The van der Waals surface area contributed by atoms with Crippen LogP contribution in [-0.4, -0.2) is 34.6 Å². The van der Waals surface area contributed by atoms with Crippen LogP contribution in [0.3, 0.4) is 0 Å². The van der Waals surface area contributed by atoms with E-state index in [9.17, 15) is 9.59 Å². The number of benzene rings is 1. The average molecular weight is 313 g/mol. The predicted molar refractivity (Wildman–Crippen MR) is 84.2 cm³/mol. The molecule has 0 radical (unpaired) electrons. The van der Waals surface area contributed by atoms with E-state index in [-0.39, 0.29) is 24.3 Å². The van der Waals surface area contributed by atoms with E-state index < -0.39 is 0 Å². The standard InChI is InChI=1S/C17H19N3O3/c1-23-16(21)10-15(12-2-3-12)19-17(22)13-4-6-14(7-5-13)20-9-8-18-11-20/h4-9,11-12,15H,2-3,10H2,1H3,(H,19,22). The van der Waals surface area contributed by atoms with Crippen molar-refractivity contribution in [3.63, 3.8) is 0 Å². The van der Waals surface area contributed by atoms with Crippen molar-refractivity contribution in [2.45, 2.75) is 25.3 Å². The number of amides is 1. The van der Waals surface area contributed by atoms with Crippen LogP contribution < -0.4 is 5.32 Å². The number of ether oxygens (including phenoxy) is 1. The highest BCUT2D eigenvalue weighted by Crippen LogP contribution is 2.34. The number of rotatable bonds is 6. The molecular formula is C17H19N3O3. The summed E-state index contributed by atoms with van der Waals surface area (Å²) in [6.45, 7) is 0. The molecule has 0 aliphatic heterocycles. The number of carbonyl (C=O) groups excluding carboxylic acids is 2. The van der Waals surface area contributed by atoms with Gasteiger partial charge in [0, 0.05) is 29.7 Å². The molecule has 1 saturated carbocycles. The van der Waals surface area contributed by atoms with Crippen LogP contribution in [0.2, 0.25) is 0 Å². The van der Waals surface area contributed by atoms with Crippen LogP contribution in [0, 0.1) is 5.92 Å². The SMILES string of the molecule is COC(=O)CC(NC(=O)c1ccc(-n2ccnc2)cc1)C1CC1. The Kier molecular flexibility index (Phi) is 4.41. The molecule has 1 amide bonds. The molecule has 6 heteroatoms. The van der Waals surface area contributed by atoms with Gasteiger partial charge in [-0.2, -0.15) is 0 Å². The van der Waals surface area contributed by atoms with Gasteiger partial charge in [0.15, 0.2) is 0 Å². The van der Waals surface area contributed by atoms with Gasteiger partial charge in [-0.3, -0.25) is 9.59 Å². The first kappa shape index (κ1) is 15.3. The Morgan fingerprint density at radius 1 is 1.35 bits per heavy atom. The molecule has 1 aliphatic rings. The Balaban J connectivity index is 1.66. The highest BCUT2D eigenvalue weighted by atomic mass is 16.5. The van der Waals surface area contributed by atoms with Crippen LogP contribution in [0.5, 0.6) is 0 Å². The summed E-state index contributed by atoms with van der Waals surface area (Å²) in [4.78, 5) is 27.8. The van der Waals surface area contributed by atoms with E-state index in [0.717, 1.165) is 18.5 Å². The molecule has 1 aromatic heterocycles. The van der Waals surface area contributed by atoms with Crippen molar-refractivity contribution in [2.24, 2.45) is 5.92 Å². The first-order valence-corrected chi connectivity index (χ1v) is 7.63. The van der Waals surface area contributed by atoms with Gasteiger partial charge in [0.2, 0.25) is 0 Å². The zero-order chi connectivity index (χ0) is 16.2. The third kappa shape index (κ3) is 3.77. The van der Waals surface area contributed by atoms with Crippen LogP contribution in [0.1, 0.15) is 29.6 Å². The fourth-order valence-electron chi connectivity index (χ4n) is 2.55. The minimum atomic E-state index is -0.294. The summed E-state index contributed by atoms with van der Waals surface area (Å²) < 4.78 is 6.57. The van der Waals surface area contributed by atoms with Crippen LogP contribution in [0.15, 0.2) is 43.0 Å². The number of hydrogen-bond donors (Lipinski definition) is 1. The van der Waals surface area contributed by atoms with Gasteiger partial charge in [0.05, 0.1) is 19.9 Å².